The van der Waals surface area contributed by atoms with Crippen molar-refractivity contribution >= 4 is 52.1 Å². The van der Waals surface area contributed by atoms with E-state index in [1.54, 1.807) is 18.2 Å². The summed E-state index contributed by atoms with van der Waals surface area (Å²) >= 11 is 18.0. The molecule has 0 aromatic heterocycles. The number of rotatable bonds is 3. The van der Waals surface area contributed by atoms with Gasteiger partial charge >= 0.3 is 0 Å². The van der Waals surface area contributed by atoms with Crippen molar-refractivity contribution in [3.8, 4) is 5.75 Å². The van der Waals surface area contributed by atoms with E-state index < -0.39 is 5.91 Å². The average Bonchev–Trinajstić information content (AvgIpc) is 2.45. The van der Waals surface area contributed by atoms with Crippen molar-refractivity contribution in [1.82, 2.24) is 0 Å². The van der Waals surface area contributed by atoms with E-state index in [0.717, 1.165) is 0 Å². The molecule has 0 aliphatic heterocycles. The molecule has 2 aromatic rings. The van der Waals surface area contributed by atoms with Crippen LogP contribution in [0.2, 0.25) is 15.1 Å². The van der Waals surface area contributed by atoms with Crippen LogP contribution in [-0.2, 0) is 0 Å². The van der Waals surface area contributed by atoms with Gasteiger partial charge in [0, 0.05) is 11.8 Å². The monoisotopic (exact) mass is 344 g/mol. The lowest BCUT2D eigenvalue weighted by molar-refractivity contribution is 0.102. The van der Waals surface area contributed by atoms with Crippen molar-refractivity contribution in [2.75, 3.05) is 18.2 Å². The van der Waals surface area contributed by atoms with Crippen LogP contribution in [0.15, 0.2) is 30.3 Å². The molecule has 0 heterocycles. The van der Waals surface area contributed by atoms with E-state index in [0.29, 0.717) is 22.1 Å². The summed E-state index contributed by atoms with van der Waals surface area (Å²) in [4.78, 5) is 12.3. The van der Waals surface area contributed by atoms with Crippen molar-refractivity contribution in [1.29, 1.82) is 0 Å². The van der Waals surface area contributed by atoms with Gasteiger partial charge in [-0.2, -0.15) is 0 Å². The largest absolute Gasteiger partial charge is 0.497 e. The van der Waals surface area contributed by atoms with Gasteiger partial charge in [-0.05, 0) is 24.3 Å². The number of methoxy groups -OCH3 is 1. The van der Waals surface area contributed by atoms with Crippen molar-refractivity contribution in [3.63, 3.8) is 0 Å². The van der Waals surface area contributed by atoms with E-state index in [4.69, 9.17) is 45.3 Å². The second kappa shape index (κ2) is 6.43. The van der Waals surface area contributed by atoms with Crippen molar-refractivity contribution in [2.45, 2.75) is 0 Å². The van der Waals surface area contributed by atoms with Gasteiger partial charge < -0.3 is 15.8 Å². The predicted molar refractivity (Wildman–Crippen MR) is 86.8 cm³/mol. The lowest BCUT2D eigenvalue weighted by Crippen LogP contribution is -2.13. The minimum Gasteiger partial charge on any atom is -0.497 e. The summed E-state index contributed by atoms with van der Waals surface area (Å²) in [7, 11) is 1.52. The van der Waals surface area contributed by atoms with Crippen molar-refractivity contribution < 1.29 is 9.53 Å². The molecule has 0 radical (unpaired) electrons. The van der Waals surface area contributed by atoms with Crippen LogP contribution in [-0.4, -0.2) is 13.0 Å². The Morgan fingerprint density at radius 1 is 1.14 bits per heavy atom. The normalized spacial score (nSPS) is 10.3. The maximum absolute atomic E-state index is 12.3. The van der Waals surface area contributed by atoms with E-state index in [1.165, 1.54) is 19.2 Å². The second-order valence-electron chi connectivity index (χ2n) is 4.16. The Balaban J connectivity index is 2.34. The SMILES string of the molecule is COc1ccc(Cl)c(NC(=O)c2cc(N)cc(Cl)c2Cl)c1. The molecule has 2 aromatic carbocycles. The Hall–Kier alpha value is -1.62. The third-order valence-corrected chi connectivity index (χ3v) is 3.85. The van der Waals surface area contributed by atoms with E-state index in [1.807, 2.05) is 0 Å². The lowest BCUT2D eigenvalue weighted by atomic mass is 10.1. The Bertz CT molecular complexity index is 705. The first kappa shape index (κ1) is 15.8. The highest BCUT2D eigenvalue weighted by Gasteiger charge is 2.16. The first-order chi connectivity index (χ1) is 9.92. The number of ether oxygens (including phenoxy) is 1. The Morgan fingerprint density at radius 3 is 2.52 bits per heavy atom. The fourth-order valence-corrected chi connectivity index (χ4v) is 2.28. The predicted octanol–water partition coefficient (Wildman–Crippen LogP) is 4.49. The molecule has 0 bridgehead atoms. The summed E-state index contributed by atoms with van der Waals surface area (Å²) in [6, 6.07) is 7.81. The van der Waals surface area contributed by atoms with Crippen LogP contribution in [0.3, 0.4) is 0 Å². The molecule has 21 heavy (non-hydrogen) atoms. The number of hydrogen-bond donors (Lipinski definition) is 2. The Morgan fingerprint density at radius 2 is 1.86 bits per heavy atom. The summed E-state index contributed by atoms with van der Waals surface area (Å²) in [5, 5.41) is 3.35. The molecule has 3 N–H and O–H groups in total. The highest BCUT2D eigenvalue weighted by molar-refractivity contribution is 6.44. The summed E-state index contributed by atoms with van der Waals surface area (Å²) in [5.74, 6) is 0.0933. The van der Waals surface area contributed by atoms with Gasteiger partial charge in [0.25, 0.3) is 5.91 Å². The zero-order valence-electron chi connectivity index (χ0n) is 10.9. The zero-order chi connectivity index (χ0) is 15.6. The molecule has 0 fully saturated rings. The molecule has 1 amide bonds. The van der Waals surface area contributed by atoms with Gasteiger partial charge in [0.1, 0.15) is 5.75 Å². The molecule has 0 atom stereocenters. The molecular weight excluding hydrogens is 335 g/mol. The summed E-state index contributed by atoms with van der Waals surface area (Å²) in [5.41, 5.74) is 6.57. The number of carbonyl (C=O) groups is 1. The first-order valence-electron chi connectivity index (χ1n) is 5.81. The Kier molecular flexibility index (Phi) is 4.83. The smallest absolute Gasteiger partial charge is 0.257 e. The van der Waals surface area contributed by atoms with Gasteiger partial charge in [0.2, 0.25) is 0 Å². The summed E-state index contributed by atoms with van der Waals surface area (Å²) < 4.78 is 5.08. The molecule has 110 valence electrons. The number of hydrogen-bond acceptors (Lipinski definition) is 3. The molecule has 0 saturated carbocycles. The third-order valence-electron chi connectivity index (χ3n) is 2.72. The van der Waals surface area contributed by atoms with Crippen molar-refractivity contribution in [2.24, 2.45) is 0 Å². The number of amides is 1. The van der Waals surface area contributed by atoms with Gasteiger partial charge in [-0.3, -0.25) is 4.79 Å². The van der Waals surface area contributed by atoms with E-state index >= 15 is 0 Å². The first-order valence-corrected chi connectivity index (χ1v) is 6.95. The molecule has 0 aliphatic carbocycles. The summed E-state index contributed by atoms with van der Waals surface area (Å²) in [6.07, 6.45) is 0. The molecule has 7 heteroatoms. The average molecular weight is 346 g/mol. The topological polar surface area (TPSA) is 64.3 Å². The Labute approximate surface area is 136 Å². The zero-order valence-corrected chi connectivity index (χ0v) is 13.2. The van der Waals surface area contributed by atoms with Crippen LogP contribution in [0, 0.1) is 0 Å². The number of nitrogens with two attached hydrogens (primary N) is 1. The van der Waals surface area contributed by atoms with E-state index in [2.05, 4.69) is 5.32 Å². The van der Waals surface area contributed by atoms with Crippen LogP contribution in [0.1, 0.15) is 10.4 Å². The fraction of sp³-hybridized carbons (Fsp3) is 0.0714. The number of halogens is 3. The molecule has 2 rings (SSSR count). The molecule has 0 aliphatic rings. The van der Waals surface area contributed by atoms with Crippen LogP contribution in [0.4, 0.5) is 11.4 Å². The van der Waals surface area contributed by atoms with Crippen LogP contribution in [0.5, 0.6) is 5.75 Å². The van der Waals surface area contributed by atoms with E-state index in [-0.39, 0.29) is 15.6 Å². The van der Waals surface area contributed by atoms with Crippen LogP contribution >= 0.6 is 34.8 Å². The summed E-state index contributed by atoms with van der Waals surface area (Å²) in [6.45, 7) is 0. The van der Waals surface area contributed by atoms with Gasteiger partial charge in [-0.15, -0.1) is 0 Å². The number of carbonyl (C=O) groups excluding carboxylic acids is 1. The number of nitrogens with one attached hydrogen (secondary N) is 1. The van der Waals surface area contributed by atoms with Crippen LogP contribution < -0.4 is 15.8 Å². The third kappa shape index (κ3) is 3.53. The fourth-order valence-electron chi connectivity index (χ4n) is 1.69. The highest BCUT2D eigenvalue weighted by Crippen LogP contribution is 2.31. The quantitative estimate of drug-likeness (QED) is 0.806. The van der Waals surface area contributed by atoms with Gasteiger partial charge in [-0.25, -0.2) is 0 Å². The van der Waals surface area contributed by atoms with Gasteiger partial charge in [0.15, 0.2) is 0 Å². The lowest BCUT2D eigenvalue weighted by Gasteiger charge is -2.11. The number of nitrogen functional groups attached to an aromatic ring is 1. The minimum absolute atomic E-state index is 0.127. The standard InChI is InChI=1S/C14H11Cl3N2O2/c1-21-8-2-3-10(15)12(6-8)19-14(20)9-4-7(18)5-11(16)13(9)17/h2-6H,18H2,1H3,(H,19,20). The second-order valence-corrected chi connectivity index (χ2v) is 5.36. The molecule has 4 nitrogen and oxygen atoms in total. The molecule has 0 unspecified atom stereocenters. The highest BCUT2D eigenvalue weighted by atomic mass is 35.5. The maximum Gasteiger partial charge on any atom is 0.257 e. The minimum atomic E-state index is -0.468. The van der Waals surface area contributed by atoms with Crippen LogP contribution in [0.25, 0.3) is 0 Å². The van der Waals surface area contributed by atoms with Crippen molar-refractivity contribution in [3.05, 3.63) is 51.0 Å². The molecule has 0 saturated heterocycles. The van der Waals surface area contributed by atoms with Gasteiger partial charge in [0.05, 0.1) is 33.4 Å². The maximum atomic E-state index is 12.3. The number of anilines is 2. The molecular formula is C14H11Cl3N2O2. The van der Waals surface area contributed by atoms with Gasteiger partial charge in [-0.1, -0.05) is 34.8 Å². The van der Waals surface area contributed by atoms with E-state index in [9.17, 15) is 4.79 Å². The number of benzene rings is 2. The molecule has 0 spiro atoms.